The molecule has 6 nitrogen and oxygen atoms in total. The van der Waals surface area contributed by atoms with Crippen LogP contribution in [0.5, 0.6) is 0 Å². The van der Waals surface area contributed by atoms with E-state index in [1.165, 1.54) is 22.5 Å². The number of halogens is 2. The van der Waals surface area contributed by atoms with Crippen molar-refractivity contribution in [2.75, 3.05) is 13.1 Å². The number of sulfonamides is 1. The molecule has 162 valence electrons. The average molecular weight is 471 g/mol. The first kappa shape index (κ1) is 23.0. The molecule has 0 aromatic heterocycles. The smallest absolute Gasteiger partial charge is 0.251 e. The maximum absolute atomic E-state index is 13.2. The van der Waals surface area contributed by atoms with E-state index in [1.54, 1.807) is 18.2 Å². The minimum Gasteiger partial charge on any atom is -0.373 e. The first-order valence-corrected chi connectivity index (χ1v) is 11.8. The molecule has 0 bridgehead atoms. The number of morpholine rings is 1. The molecule has 1 N–H and O–H groups in total. The molecule has 0 radical (unpaired) electrons. The molecule has 1 saturated heterocycles. The highest BCUT2D eigenvalue weighted by Gasteiger charge is 2.34. The van der Waals surface area contributed by atoms with Gasteiger partial charge in [-0.1, -0.05) is 35.3 Å². The van der Waals surface area contributed by atoms with E-state index >= 15 is 0 Å². The van der Waals surface area contributed by atoms with Gasteiger partial charge in [-0.15, -0.1) is 0 Å². The first-order chi connectivity index (χ1) is 14.1. The first-order valence-electron chi connectivity index (χ1n) is 9.59. The number of hydrogen-bond donors (Lipinski definition) is 1. The summed E-state index contributed by atoms with van der Waals surface area (Å²) in [6.45, 7) is 5.92. The largest absolute Gasteiger partial charge is 0.373 e. The number of ether oxygens (including phenoxy) is 1. The van der Waals surface area contributed by atoms with Crippen LogP contribution in [0.3, 0.4) is 0 Å². The van der Waals surface area contributed by atoms with Crippen molar-refractivity contribution in [3.05, 3.63) is 63.6 Å². The fourth-order valence-corrected chi connectivity index (χ4v) is 5.74. The summed E-state index contributed by atoms with van der Waals surface area (Å²) in [6.07, 6.45) is -0.459. The van der Waals surface area contributed by atoms with E-state index in [2.05, 4.69) is 5.32 Å². The molecule has 3 rings (SSSR count). The molecule has 1 fully saturated rings. The van der Waals surface area contributed by atoms with Crippen molar-refractivity contribution in [2.45, 2.75) is 43.9 Å². The van der Waals surface area contributed by atoms with Crippen LogP contribution in [0.25, 0.3) is 0 Å². The van der Waals surface area contributed by atoms with Gasteiger partial charge in [0.25, 0.3) is 5.91 Å². The molecule has 1 heterocycles. The zero-order valence-corrected chi connectivity index (χ0v) is 19.3. The molecule has 1 amide bonds. The Labute approximate surface area is 187 Å². The second-order valence-corrected chi connectivity index (χ2v) is 10.2. The Morgan fingerprint density at radius 2 is 1.80 bits per heavy atom. The summed E-state index contributed by atoms with van der Waals surface area (Å²) in [5.41, 5.74) is 1.05. The van der Waals surface area contributed by atoms with E-state index in [9.17, 15) is 13.2 Å². The molecule has 2 aromatic rings. The van der Waals surface area contributed by atoms with Crippen molar-refractivity contribution >= 4 is 39.1 Å². The molecule has 0 spiro atoms. The van der Waals surface area contributed by atoms with Gasteiger partial charge in [-0.3, -0.25) is 4.79 Å². The van der Waals surface area contributed by atoms with Gasteiger partial charge in [0.2, 0.25) is 10.0 Å². The van der Waals surface area contributed by atoms with Gasteiger partial charge in [0, 0.05) is 23.7 Å². The predicted molar refractivity (Wildman–Crippen MR) is 118 cm³/mol. The van der Waals surface area contributed by atoms with Crippen LogP contribution in [0.4, 0.5) is 0 Å². The van der Waals surface area contributed by atoms with E-state index in [-0.39, 0.29) is 46.8 Å². The molecular formula is C21H24Cl2N2O4S. The van der Waals surface area contributed by atoms with Crippen LogP contribution in [0.1, 0.15) is 42.7 Å². The standard InChI is InChI=1S/C21H24Cl2N2O4S/c1-13-11-25(12-14(2)29-13)30(27,28)20-10-17(7-8-19(20)23)21(26)24-15(3)16-5-4-6-18(22)9-16/h4-10,13-15H,11-12H2,1-3H3,(H,24,26)/t13-,14-,15-/m1/s1. The summed E-state index contributed by atoms with van der Waals surface area (Å²) >= 11 is 12.2. The number of benzene rings is 2. The molecular weight excluding hydrogens is 447 g/mol. The average Bonchev–Trinajstić information content (AvgIpc) is 2.67. The minimum atomic E-state index is -3.88. The van der Waals surface area contributed by atoms with Gasteiger partial charge in [0.1, 0.15) is 4.90 Å². The molecule has 1 aliphatic heterocycles. The second-order valence-electron chi connectivity index (χ2n) is 7.47. The van der Waals surface area contributed by atoms with Gasteiger partial charge in [0.05, 0.1) is 23.3 Å². The third-order valence-corrected chi connectivity index (χ3v) is 7.44. The van der Waals surface area contributed by atoms with E-state index in [0.717, 1.165) is 5.56 Å². The van der Waals surface area contributed by atoms with E-state index in [0.29, 0.717) is 5.02 Å². The highest BCUT2D eigenvalue weighted by molar-refractivity contribution is 7.89. The van der Waals surface area contributed by atoms with Crippen molar-refractivity contribution in [1.29, 1.82) is 0 Å². The van der Waals surface area contributed by atoms with E-state index < -0.39 is 15.9 Å². The monoisotopic (exact) mass is 470 g/mol. The van der Waals surface area contributed by atoms with Crippen LogP contribution in [0.15, 0.2) is 47.4 Å². The van der Waals surface area contributed by atoms with Crippen molar-refractivity contribution in [3.8, 4) is 0 Å². The number of nitrogens with one attached hydrogen (secondary N) is 1. The summed E-state index contributed by atoms with van der Waals surface area (Å²) in [6, 6.07) is 11.1. The fourth-order valence-electron chi connectivity index (χ4n) is 3.45. The quantitative estimate of drug-likeness (QED) is 0.707. The highest BCUT2D eigenvalue weighted by Crippen LogP contribution is 2.28. The Balaban J connectivity index is 1.84. The predicted octanol–water partition coefficient (Wildman–Crippen LogP) is 4.28. The Morgan fingerprint density at radius 3 is 2.43 bits per heavy atom. The second kappa shape index (κ2) is 9.24. The third-order valence-electron chi connectivity index (χ3n) is 4.89. The number of amides is 1. The number of carbonyl (C=O) groups is 1. The third kappa shape index (κ3) is 5.15. The van der Waals surface area contributed by atoms with Crippen LogP contribution in [0.2, 0.25) is 10.0 Å². The lowest BCUT2D eigenvalue weighted by Gasteiger charge is -2.34. The summed E-state index contributed by atoms with van der Waals surface area (Å²) in [7, 11) is -3.88. The number of carbonyl (C=O) groups excluding carboxylic acids is 1. The normalized spacial score (nSPS) is 21.2. The van der Waals surface area contributed by atoms with Crippen LogP contribution in [-0.2, 0) is 14.8 Å². The number of hydrogen-bond acceptors (Lipinski definition) is 4. The van der Waals surface area contributed by atoms with Crippen molar-refractivity contribution in [1.82, 2.24) is 9.62 Å². The molecule has 0 unspecified atom stereocenters. The Morgan fingerprint density at radius 1 is 1.13 bits per heavy atom. The zero-order valence-electron chi connectivity index (χ0n) is 16.9. The summed E-state index contributed by atoms with van der Waals surface area (Å²) in [4.78, 5) is 12.7. The Hall–Kier alpha value is -1.64. The SMILES string of the molecule is C[C@@H]1CN(S(=O)(=O)c2cc(C(=O)N[C@H](C)c3cccc(Cl)c3)ccc2Cl)C[C@@H](C)O1. The van der Waals surface area contributed by atoms with Gasteiger partial charge in [0.15, 0.2) is 0 Å². The van der Waals surface area contributed by atoms with E-state index in [4.69, 9.17) is 27.9 Å². The van der Waals surface area contributed by atoms with Gasteiger partial charge in [-0.05, 0) is 56.7 Å². The molecule has 0 aliphatic carbocycles. The lowest BCUT2D eigenvalue weighted by atomic mass is 10.1. The van der Waals surface area contributed by atoms with Crippen LogP contribution < -0.4 is 5.32 Å². The van der Waals surface area contributed by atoms with Crippen LogP contribution >= 0.6 is 23.2 Å². The molecule has 2 aromatic carbocycles. The highest BCUT2D eigenvalue weighted by atomic mass is 35.5. The van der Waals surface area contributed by atoms with Gasteiger partial charge >= 0.3 is 0 Å². The van der Waals surface area contributed by atoms with Crippen LogP contribution in [0, 0.1) is 0 Å². The van der Waals surface area contributed by atoms with Crippen molar-refractivity contribution in [2.24, 2.45) is 0 Å². The van der Waals surface area contributed by atoms with E-state index in [1.807, 2.05) is 26.8 Å². The summed E-state index contributed by atoms with van der Waals surface area (Å²) < 4.78 is 33.4. The lowest BCUT2D eigenvalue weighted by molar-refractivity contribution is -0.0440. The van der Waals surface area contributed by atoms with Crippen molar-refractivity contribution in [3.63, 3.8) is 0 Å². The van der Waals surface area contributed by atoms with Crippen LogP contribution in [-0.4, -0.2) is 43.9 Å². The maximum atomic E-state index is 13.2. The fraction of sp³-hybridized carbons (Fsp3) is 0.381. The van der Waals surface area contributed by atoms with Crippen molar-refractivity contribution < 1.29 is 17.9 Å². The van der Waals surface area contributed by atoms with Gasteiger partial charge < -0.3 is 10.1 Å². The topological polar surface area (TPSA) is 75.7 Å². The van der Waals surface area contributed by atoms with Gasteiger partial charge in [-0.25, -0.2) is 8.42 Å². The zero-order chi connectivity index (χ0) is 22.1. The molecule has 3 atom stereocenters. The molecule has 0 saturated carbocycles. The Bertz CT molecular complexity index is 1040. The summed E-state index contributed by atoms with van der Waals surface area (Å²) in [5.74, 6) is -0.403. The lowest BCUT2D eigenvalue weighted by Crippen LogP contribution is -2.48. The number of rotatable bonds is 5. The maximum Gasteiger partial charge on any atom is 0.251 e. The molecule has 1 aliphatic rings. The molecule has 30 heavy (non-hydrogen) atoms. The minimum absolute atomic E-state index is 0.0706. The Kier molecular flexibility index (Phi) is 7.09. The van der Waals surface area contributed by atoms with Gasteiger partial charge in [-0.2, -0.15) is 4.31 Å². The number of nitrogens with zero attached hydrogens (tertiary/aromatic N) is 1. The molecule has 9 heteroatoms. The summed E-state index contributed by atoms with van der Waals surface area (Å²) in [5, 5.41) is 3.50.